The van der Waals surface area contributed by atoms with Crippen LogP contribution in [-0.2, 0) is 17.1 Å². The summed E-state index contributed by atoms with van der Waals surface area (Å²) >= 11 is 0. The minimum atomic E-state index is 0. The van der Waals surface area contributed by atoms with E-state index in [0.717, 1.165) is 12.8 Å². The fraction of sp³-hybridized carbons (Fsp3) is 1.00. The van der Waals surface area contributed by atoms with E-state index in [2.05, 4.69) is 6.92 Å². The van der Waals surface area contributed by atoms with Gasteiger partial charge in [-0.15, -0.1) is 0 Å². The zero-order valence-corrected chi connectivity index (χ0v) is 7.08. The number of hydrogen-bond acceptors (Lipinski definition) is 1. The zero-order valence-electron chi connectivity index (χ0n) is 4.63. The first kappa shape index (κ1) is 23.0. The van der Waals surface area contributed by atoms with Crippen LogP contribution in [0.3, 0.4) is 0 Å². The van der Waals surface area contributed by atoms with Crippen LogP contribution < -0.4 is 24.8 Å². The first-order valence-corrected chi connectivity index (χ1v) is 2.02. The molecule has 0 spiro atoms. The van der Waals surface area contributed by atoms with Crippen LogP contribution in [0.5, 0.6) is 0 Å². The number of aliphatic hydroxyl groups is 1. The van der Waals surface area contributed by atoms with Crippen LogP contribution in [0.25, 0.3) is 0 Å². The summed E-state index contributed by atoms with van der Waals surface area (Å²) in [5.74, 6) is 0. The topological polar surface area (TPSA) is 20.2 Å². The van der Waals surface area contributed by atoms with Gasteiger partial charge >= 0.3 is 17.1 Å². The third-order valence-electron chi connectivity index (χ3n) is 0.512. The molecule has 0 aliphatic rings. The summed E-state index contributed by atoms with van der Waals surface area (Å²) in [6.45, 7) is 2.40. The van der Waals surface area contributed by atoms with Crippen LogP contribution in [0.4, 0.5) is 0 Å². The first-order valence-electron chi connectivity index (χ1n) is 2.02. The smallest absolute Gasteiger partial charge is 1.00 e. The summed E-state index contributed by atoms with van der Waals surface area (Å²) in [6, 6.07) is 0. The molecule has 0 heterocycles. The molecule has 0 fully saturated rings. The van der Waals surface area contributed by atoms with Gasteiger partial charge in [-0.3, -0.25) is 0 Å². The van der Waals surface area contributed by atoms with Crippen molar-refractivity contribution in [1.82, 2.24) is 0 Å². The fourth-order valence-corrected chi connectivity index (χ4v) is 0.158. The van der Waals surface area contributed by atoms with Crippen molar-refractivity contribution in [3.63, 3.8) is 0 Å². The molecular weight excluding hydrogens is 198 g/mol. The molecule has 0 atom stereocenters. The summed E-state index contributed by atoms with van der Waals surface area (Å²) in [7, 11) is 0. The van der Waals surface area contributed by atoms with Crippen molar-refractivity contribution < 1.29 is 47.0 Å². The minimum Gasteiger partial charge on any atom is -1.00 e. The Hall–Kier alpha value is 1.06. The molecule has 0 saturated carbocycles. The van der Waals surface area contributed by atoms with Gasteiger partial charge in [-0.05, 0) is 6.42 Å². The monoisotopic (exact) mass is 207 g/mol. The average molecular weight is 209 g/mol. The van der Waals surface area contributed by atoms with Crippen LogP contribution in [0, 0.1) is 0 Å². The van der Waals surface area contributed by atoms with E-state index in [-0.39, 0.29) is 41.9 Å². The fourth-order valence-electron chi connectivity index (χ4n) is 0.158. The Morgan fingerprint density at radius 3 is 1.62 bits per heavy atom. The molecule has 1 N–H and O–H groups in total. The molecule has 0 aromatic carbocycles. The molecule has 1 nitrogen and oxygen atoms in total. The maximum atomic E-state index is 8.07. The maximum Gasteiger partial charge on any atom is 2.00 e. The molecule has 0 aromatic rings. The van der Waals surface area contributed by atoms with E-state index in [9.17, 15) is 0 Å². The predicted molar refractivity (Wildman–Crippen MR) is 22.0 cm³/mol. The number of hydrogen-bond donors (Lipinski definition) is 1. The Bertz CT molecular complexity index is 21.5. The van der Waals surface area contributed by atoms with Crippen LogP contribution in [0.15, 0.2) is 0 Å². The van der Waals surface area contributed by atoms with E-state index in [1.807, 2.05) is 0 Å². The van der Waals surface area contributed by atoms with Crippen LogP contribution in [0.2, 0.25) is 0 Å². The van der Waals surface area contributed by atoms with Crippen LogP contribution in [-0.4, -0.2) is 11.7 Å². The molecule has 0 aliphatic heterocycles. The molecular formula is C4H10Cl2CuO. The third kappa shape index (κ3) is 27.7. The standard InChI is InChI=1S/C4H10O.2ClH.Cu/c1-2-3-4-5;;;/h5H,2-4H2,1H3;2*1H;/q;;;+2/p-2. The molecule has 0 amide bonds. The Balaban J connectivity index is -0.0000000267. The quantitative estimate of drug-likeness (QED) is 0.450. The Kier molecular flexibility index (Phi) is 70.0. The zero-order chi connectivity index (χ0) is 4.12. The van der Waals surface area contributed by atoms with Gasteiger partial charge in [-0.1, -0.05) is 13.3 Å². The second kappa shape index (κ2) is 24.4. The molecule has 0 bridgehead atoms. The molecule has 4 heteroatoms. The van der Waals surface area contributed by atoms with Crippen molar-refractivity contribution in [2.75, 3.05) is 6.61 Å². The van der Waals surface area contributed by atoms with Crippen molar-refractivity contribution in [3.05, 3.63) is 0 Å². The largest absolute Gasteiger partial charge is 2.00 e. The van der Waals surface area contributed by atoms with E-state index in [1.54, 1.807) is 0 Å². The average Bonchev–Trinajstić information content (AvgIpc) is 1.41. The Morgan fingerprint density at radius 2 is 1.62 bits per heavy atom. The summed E-state index contributed by atoms with van der Waals surface area (Å²) in [5, 5.41) is 8.07. The van der Waals surface area contributed by atoms with Gasteiger partial charge in [0.05, 0.1) is 0 Å². The van der Waals surface area contributed by atoms with Crippen molar-refractivity contribution >= 4 is 0 Å². The van der Waals surface area contributed by atoms with E-state index in [1.165, 1.54) is 0 Å². The van der Waals surface area contributed by atoms with Gasteiger partial charge in [-0.2, -0.15) is 0 Å². The van der Waals surface area contributed by atoms with E-state index >= 15 is 0 Å². The second-order valence-electron chi connectivity index (χ2n) is 1.08. The van der Waals surface area contributed by atoms with E-state index in [0.29, 0.717) is 6.61 Å². The number of rotatable bonds is 2. The molecule has 8 heavy (non-hydrogen) atoms. The number of aliphatic hydroxyl groups excluding tert-OH is 1. The number of unbranched alkanes of at least 4 members (excludes halogenated alkanes) is 1. The van der Waals surface area contributed by atoms with Crippen LogP contribution in [0.1, 0.15) is 19.8 Å². The predicted octanol–water partition coefficient (Wildman–Crippen LogP) is -5.22. The molecule has 0 aromatic heterocycles. The van der Waals surface area contributed by atoms with Gasteiger partial charge < -0.3 is 29.9 Å². The minimum absolute atomic E-state index is 0. The molecule has 0 saturated heterocycles. The van der Waals surface area contributed by atoms with E-state index in [4.69, 9.17) is 5.11 Å². The summed E-state index contributed by atoms with van der Waals surface area (Å²) in [6.07, 6.45) is 2.04. The van der Waals surface area contributed by atoms with Gasteiger partial charge in [0.25, 0.3) is 0 Å². The molecule has 0 rings (SSSR count). The molecule has 0 unspecified atom stereocenters. The van der Waals surface area contributed by atoms with Gasteiger partial charge in [0.1, 0.15) is 0 Å². The first-order chi connectivity index (χ1) is 2.41. The van der Waals surface area contributed by atoms with Gasteiger partial charge in [0, 0.05) is 6.61 Å². The molecule has 57 valence electrons. The number of halogens is 2. The molecule has 1 radical (unpaired) electrons. The van der Waals surface area contributed by atoms with E-state index < -0.39 is 0 Å². The van der Waals surface area contributed by atoms with Crippen molar-refractivity contribution in [2.24, 2.45) is 0 Å². The van der Waals surface area contributed by atoms with Crippen LogP contribution >= 0.6 is 0 Å². The second-order valence-corrected chi connectivity index (χ2v) is 1.08. The summed E-state index contributed by atoms with van der Waals surface area (Å²) in [4.78, 5) is 0. The van der Waals surface area contributed by atoms with Gasteiger partial charge in [-0.25, -0.2) is 0 Å². The van der Waals surface area contributed by atoms with Crippen molar-refractivity contribution in [1.29, 1.82) is 0 Å². The maximum absolute atomic E-state index is 8.07. The Morgan fingerprint density at radius 1 is 1.25 bits per heavy atom. The van der Waals surface area contributed by atoms with Gasteiger partial charge in [0.15, 0.2) is 0 Å². The third-order valence-corrected chi connectivity index (χ3v) is 0.512. The Labute approximate surface area is 73.5 Å². The van der Waals surface area contributed by atoms with Gasteiger partial charge in [0.2, 0.25) is 0 Å². The SMILES string of the molecule is CCCCO.[Cl-].[Cl-].[Cu+2]. The van der Waals surface area contributed by atoms with Crippen molar-refractivity contribution in [3.8, 4) is 0 Å². The summed E-state index contributed by atoms with van der Waals surface area (Å²) in [5.41, 5.74) is 0. The van der Waals surface area contributed by atoms with Crippen molar-refractivity contribution in [2.45, 2.75) is 19.8 Å². The summed E-state index contributed by atoms with van der Waals surface area (Å²) < 4.78 is 0. The molecule has 0 aliphatic carbocycles. The normalized spacial score (nSPS) is 5.25.